The SMILES string of the molecule is CCOc1ccc(/C=[N+]2\NC(=O)[C@H](NC(=O)c3ccc(Cl)cc3)[C@@H]2c2ccc(Cl)cc2)cc1. The molecule has 1 aliphatic heterocycles. The maximum Gasteiger partial charge on any atom is 0.304 e. The Morgan fingerprint density at radius 2 is 1.61 bits per heavy atom. The van der Waals surface area contributed by atoms with Crippen LogP contribution in [-0.4, -0.2) is 35.4 Å². The van der Waals surface area contributed by atoms with Gasteiger partial charge in [0, 0.05) is 26.7 Å². The molecule has 0 spiro atoms. The van der Waals surface area contributed by atoms with E-state index in [1.54, 1.807) is 41.1 Å². The van der Waals surface area contributed by atoms with Crippen LogP contribution in [-0.2, 0) is 4.79 Å². The molecule has 3 aromatic rings. The fraction of sp³-hybridized carbons (Fsp3) is 0.160. The molecule has 0 unspecified atom stereocenters. The molecule has 1 aliphatic rings. The molecule has 4 rings (SSSR count). The Kier molecular flexibility index (Phi) is 6.96. The number of hydrazone groups is 1. The lowest BCUT2D eigenvalue weighted by atomic mass is 10.00. The Morgan fingerprint density at radius 1 is 1.00 bits per heavy atom. The van der Waals surface area contributed by atoms with Crippen molar-refractivity contribution in [1.29, 1.82) is 0 Å². The van der Waals surface area contributed by atoms with Crippen LogP contribution < -0.4 is 15.5 Å². The quantitative estimate of drug-likeness (QED) is 0.511. The van der Waals surface area contributed by atoms with Gasteiger partial charge in [-0.15, -0.1) is 10.1 Å². The van der Waals surface area contributed by atoms with Gasteiger partial charge in [-0.2, -0.15) is 0 Å². The Bertz CT molecular complexity index is 1180. The zero-order chi connectivity index (χ0) is 23.4. The highest BCUT2D eigenvalue weighted by Gasteiger charge is 2.47. The molecule has 1 saturated heterocycles. The first-order valence-corrected chi connectivity index (χ1v) is 11.2. The van der Waals surface area contributed by atoms with E-state index in [0.29, 0.717) is 22.2 Å². The lowest BCUT2D eigenvalue weighted by Gasteiger charge is -2.15. The molecule has 6 nitrogen and oxygen atoms in total. The number of ether oxygens (including phenoxy) is 1. The summed E-state index contributed by atoms with van der Waals surface area (Å²) >= 11 is 12.0. The van der Waals surface area contributed by atoms with Gasteiger partial charge < -0.3 is 10.1 Å². The number of benzene rings is 3. The number of rotatable bonds is 6. The average molecular weight is 483 g/mol. The smallest absolute Gasteiger partial charge is 0.304 e. The van der Waals surface area contributed by atoms with Crippen LogP contribution in [0.2, 0.25) is 10.0 Å². The fourth-order valence-electron chi connectivity index (χ4n) is 3.64. The zero-order valence-electron chi connectivity index (χ0n) is 17.8. The zero-order valence-corrected chi connectivity index (χ0v) is 19.3. The molecule has 8 heteroatoms. The Labute approximate surface area is 201 Å². The van der Waals surface area contributed by atoms with Crippen LogP contribution in [0.1, 0.15) is 34.5 Å². The summed E-state index contributed by atoms with van der Waals surface area (Å²) in [7, 11) is 0. The van der Waals surface area contributed by atoms with Gasteiger partial charge in [0.05, 0.1) is 6.61 Å². The van der Waals surface area contributed by atoms with E-state index >= 15 is 0 Å². The van der Waals surface area contributed by atoms with Crippen LogP contribution in [0.5, 0.6) is 5.75 Å². The lowest BCUT2D eigenvalue weighted by Crippen LogP contribution is -2.42. The number of hydrazine groups is 1. The first-order chi connectivity index (χ1) is 15.9. The molecule has 0 aliphatic carbocycles. The number of carbonyl (C=O) groups is 2. The highest BCUT2D eigenvalue weighted by atomic mass is 35.5. The molecule has 0 bridgehead atoms. The van der Waals surface area contributed by atoms with Crippen LogP contribution >= 0.6 is 23.2 Å². The van der Waals surface area contributed by atoms with Crippen LogP contribution in [0, 0.1) is 0 Å². The van der Waals surface area contributed by atoms with Crippen molar-refractivity contribution in [3.8, 4) is 5.75 Å². The van der Waals surface area contributed by atoms with E-state index in [1.807, 2.05) is 49.5 Å². The highest BCUT2D eigenvalue weighted by Crippen LogP contribution is 2.27. The molecule has 1 heterocycles. The summed E-state index contributed by atoms with van der Waals surface area (Å²) < 4.78 is 7.20. The van der Waals surface area contributed by atoms with Crippen LogP contribution in [0.15, 0.2) is 72.8 Å². The van der Waals surface area contributed by atoms with Crippen LogP contribution in [0.3, 0.4) is 0 Å². The maximum absolute atomic E-state index is 12.9. The monoisotopic (exact) mass is 482 g/mol. The Hall–Kier alpha value is -3.35. The molecule has 2 atom stereocenters. The molecular weight excluding hydrogens is 461 g/mol. The molecule has 33 heavy (non-hydrogen) atoms. The molecule has 0 radical (unpaired) electrons. The molecule has 168 valence electrons. The van der Waals surface area contributed by atoms with E-state index in [9.17, 15) is 9.59 Å². The van der Waals surface area contributed by atoms with Crippen molar-refractivity contribution >= 4 is 41.2 Å². The third-order valence-electron chi connectivity index (χ3n) is 5.22. The standard InChI is InChI=1S/C25H21Cl2N3O3/c1-2-33-21-13-3-16(4-14-21)15-30-23(17-5-9-19(26)10-6-17)22(25(32)29-30)28-24(31)18-7-11-20(27)12-8-18/h3-15,22-23H,2H2,1H3,(H-,28,29,31,32)/p+1/b30-15-/t22-,23+/m1/s1. The summed E-state index contributed by atoms with van der Waals surface area (Å²) in [5.74, 6) is 0.0793. The van der Waals surface area contributed by atoms with E-state index in [4.69, 9.17) is 27.9 Å². The third-order valence-corrected chi connectivity index (χ3v) is 5.72. The molecule has 1 fully saturated rings. The summed E-state index contributed by atoms with van der Waals surface area (Å²) in [4.78, 5) is 25.8. The minimum Gasteiger partial charge on any atom is -0.494 e. The summed E-state index contributed by atoms with van der Waals surface area (Å²) in [6, 6.07) is 19.9. The van der Waals surface area contributed by atoms with Crippen molar-refractivity contribution in [3.63, 3.8) is 0 Å². The number of nitrogens with zero attached hydrogens (tertiary/aromatic N) is 1. The number of hydrogen-bond donors (Lipinski definition) is 2. The van der Waals surface area contributed by atoms with Crippen molar-refractivity contribution in [2.75, 3.05) is 6.61 Å². The van der Waals surface area contributed by atoms with Gasteiger partial charge in [-0.3, -0.25) is 9.59 Å². The molecule has 0 aromatic heterocycles. The molecule has 0 saturated carbocycles. The van der Waals surface area contributed by atoms with E-state index in [2.05, 4.69) is 10.7 Å². The average Bonchev–Trinajstić information content (AvgIpc) is 3.10. The largest absolute Gasteiger partial charge is 0.494 e. The van der Waals surface area contributed by atoms with E-state index < -0.39 is 12.1 Å². The number of nitrogens with one attached hydrogen (secondary N) is 2. The van der Waals surface area contributed by atoms with Gasteiger partial charge in [-0.25, -0.2) is 0 Å². The van der Waals surface area contributed by atoms with Crippen molar-refractivity contribution in [2.45, 2.75) is 19.0 Å². The minimum atomic E-state index is -0.826. The normalized spacial score (nSPS) is 18.8. The topological polar surface area (TPSA) is 70.4 Å². The first-order valence-electron chi connectivity index (χ1n) is 10.4. The molecule has 2 amide bonds. The maximum atomic E-state index is 12.9. The molecular formula is C25H22Cl2N3O3+. The summed E-state index contributed by atoms with van der Waals surface area (Å²) in [5, 5.41) is 3.97. The number of hydrogen-bond acceptors (Lipinski definition) is 3. The predicted molar refractivity (Wildman–Crippen MR) is 128 cm³/mol. The summed E-state index contributed by atoms with van der Waals surface area (Å²) in [6.07, 6.45) is 1.82. The summed E-state index contributed by atoms with van der Waals surface area (Å²) in [6.45, 7) is 2.51. The number of amides is 2. The van der Waals surface area contributed by atoms with Gasteiger partial charge in [0.15, 0.2) is 6.04 Å². The Morgan fingerprint density at radius 3 is 2.21 bits per heavy atom. The second-order valence-corrected chi connectivity index (χ2v) is 8.34. The van der Waals surface area contributed by atoms with Gasteiger partial charge in [0.1, 0.15) is 5.75 Å². The molecule has 2 N–H and O–H groups in total. The van der Waals surface area contributed by atoms with E-state index in [-0.39, 0.29) is 11.8 Å². The van der Waals surface area contributed by atoms with Gasteiger partial charge in [-0.05, 0) is 67.6 Å². The van der Waals surface area contributed by atoms with Crippen molar-refractivity contribution in [2.24, 2.45) is 0 Å². The first kappa shape index (κ1) is 22.8. The number of carbonyl (C=O) groups excluding carboxylic acids is 2. The predicted octanol–water partition coefficient (Wildman–Crippen LogP) is 4.41. The highest BCUT2D eigenvalue weighted by molar-refractivity contribution is 6.30. The van der Waals surface area contributed by atoms with Crippen molar-refractivity contribution in [3.05, 3.63) is 99.5 Å². The minimum absolute atomic E-state index is 0.320. The number of halogens is 2. The second-order valence-electron chi connectivity index (χ2n) is 7.47. The van der Waals surface area contributed by atoms with E-state index in [1.165, 1.54) is 0 Å². The van der Waals surface area contributed by atoms with Crippen molar-refractivity contribution < 1.29 is 19.0 Å². The van der Waals surface area contributed by atoms with Crippen LogP contribution in [0.4, 0.5) is 0 Å². The lowest BCUT2D eigenvalue weighted by molar-refractivity contribution is -0.596. The van der Waals surface area contributed by atoms with Gasteiger partial charge >= 0.3 is 5.91 Å². The fourth-order valence-corrected chi connectivity index (χ4v) is 3.90. The van der Waals surface area contributed by atoms with Gasteiger partial charge in [-0.1, -0.05) is 35.3 Å². The Balaban J connectivity index is 1.66. The van der Waals surface area contributed by atoms with Crippen molar-refractivity contribution in [1.82, 2.24) is 10.7 Å². The molecule has 3 aromatic carbocycles. The van der Waals surface area contributed by atoms with E-state index in [0.717, 1.165) is 16.9 Å². The van der Waals surface area contributed by atoms with Crippen LogP contribution in [0.25, 0.3) is 0 Å². The third kappa shape index (κ3) is 5.35. The second kappa shape index (κ2) is 10.1. The summed E-state index contributed by atoms with van der Waals surface area (Å²) in [5.41, 5.74) is 4.96. The van der Waals surface area contributed by atoms with Gasteiger partial charge in [0.2, 0.25) is 12.3 Å². The van der Waals surface area contributed by atoms with Gasteiger partial charge in [0.25, 0.3) is 5.91 Å².